The van der Waals surface area contributed by atoms with E-state index in [4.69, 9.17) is 10.5 Å². The largest absolute Gasteiger partial charge is 0.383 e. The van der Waals surface area contributed by atoms with E-state index in [0.717, 1.165) is 16.8 Å². The zero-order chi connectivity index (χ0) is 13.0. The number of benzene rings is 1. The molecule has 2 rings (SSSR count). The molecule has 0 spiro atoms. The van der Waals surface area contributed by atoms with Crippen molar-refractivity contribution in [2.24, 2.45) is 0 Å². The average Bonchev–Trinajstić information content (AvgIpc) is 2.73. The summed E-state index contributed by atoms with van der Waals surface area (Å²) in [5.74, 6) is 0.651. The molecule has 0 radical (unpaired) electrons. The SMILES string of the molecule is C=CCn1cnc(-c2ccccc2COC)c1N. The van der Waals surface area contributed by atoms with Gasteiger partial charge in [0.2, 0.25) is 0 Å². The van der Waals surface area contributed by atoms with Crippen LogP contribution >= 0.6 is 0 Å². The second-order valence-corrected chi connectivity index (χ2v) is 4.01. The van der Waals surface area contributed by atoms with E-state index >= 15 is 0 Å². The van der Waals surface area contributed by atoms with E-state index in [0.29, 0.717) is 19.0 Å². The highest BCUT2D eigenvalue weighted by molar-refractivity contribution is 5.73. The summed E-state index contributed by atoms with van der Waals surface area (Å²) in [6.45, 7) is 4.91. The van der Waals surface area contributed by atoms with Crippen molar-refractivity contribution in [2.75, 3.05) is 12.8 Å². The molecule has 1 aromatic heterocycles. The number of ether oxygens (including phenoxy) is 1. The normalized spacial score (nSPS) is 10.5. The van der Waals surface area contributed by atoms with Gasteiger partial charge in [0.25, 0.3) is 0 Å². The van der Waals surface area contributed by atoms with Gasteiger partial charge in [0.15, 0.2) is 0 Å². The fourth-order valence-corrected chi connectivity index (χ4v) is 1.92. The lowest BCUT2D eigenvalue weighted by Crippen LogP contribution is -2.01. The van der Waals surface area contributed by atoms with E-state index in [-0.39, 0.29) is 0 Å². The van der Waals surface area contributed by atoms with Crippen LogP contribution in [0.15, 0.2) is 43.2 Å². The molecule has 0 aliphatic carbocycles. The molecule has 0 atom stereocenters. The van der Waals surface area contributed by atoms with E-state index in [2.05, 4.69) is 11.6 Å². The van der Waals surface area contributed by atoms with Crippen LogP contribution in [0.25, 0.3) is 11.3 Å². The highest BCUT2D eigenvalue weighted by Crippen LogP contribution is 2.27. The van der Waals surface area contributed by atoms with Crippen molar-refractivity contribution in [3.8, 4) is 11.3 Å². The van der Waals surface area contributed by atoms with Crippen molar-refractivity contribution in [2.45, 2.75) is 13.2 Å². The second-order valence-electron chi connectivity index (χ2n) is 4.01. The lowest BCUT2D eigenvalue weighted by Gasteiger charge is -2.08. The number of hydrogen-bond acceptors (Lipinski definition) is 3. The number of rotatable bonds is 5. The maximum absolute atomic E-state index is 6.10. The molecule has 0 aliphatic heterocycles. The molecular weight excluding hydrogens is 226 g/mol. The van der Waals surface area contributed by atoms with Crippen LogP contribution in [0.5, 0.6) is 0 Å². The number of hydrogen-bond donors (Lipinski definition) is 1. The van der Waals surface area contributed by atoms with Gasteiger partial charge in [-0.25, -0.2) is 4.98 Å². The van der Waals surface area contributed by atoms with E-state index in [1.54, 1.807) is 19.5 Å². The first-order valence-corrected chi connectivity index (χ1v) is 5.76. The Labute approximate surface area is 107 Å². The summed E-state index contributed by atoms with van der Waals surface area (Å²) < 4.78 is 7.06. The molecule has 1 aromatic carbocycles. The highest BCUT2D eigenvalue weighted by atomic mass is 16.5. The zero-order valence-corrected chi connectivity index (χ0v) is 10.5. The fraction of sp³-hybridized carbons (Fsp3) is 0.214. The predicted octanol–water partition coefficient (Wildman–Crippen LogP) is 2.46. The summed E-state index contributed by atoms with van der Waals surface area (Å²) >= 11 is 0. The first kappa shape index (κ1) is 12.4. The van der Waals surface area contributed by atoms with Crippen LogP contribution in [0, 0.1) is 0 Å². The molecule has 4 nitrogen and oxygen atoms in total. The lowest BCUT2D eigenvalue weighted by atomic mass is 10.1. The summed E-state index contributed by atoms with van der Waals surface area (Å²) in [6, 6.07) is 7.98. The van der Waals surface area contributed by atoms with Crippen LogP contribution in [0.1, 0.15) is 5.56 Å². The van der Waals surface area contributed by atoms with E-state index in [1.807, 2.05) is 28.8 Å². The first-order chi connectivity index (χ1) is 8.77. The molecular formula is C14H17N3O. The number of nitrogens with zero attached hydrogens (tertiary/aromatic N) is 2. The Kier molecular flexibility index (Phi) is 3.79. The molecule has 0 aliphatic rings. The monoisotopic (exact) mass is 243 g/mol. The van der Waals surface area contributed by atoms with Gasteiger partial charge in [-0.15, -0.1) is 6.58 Å². The summed E-state index contributed by atoms with van der Waals surface area (Å²) in [5, 5.41) is 0. The molecule has 0 unspecified atom stereocenters. The van der Waals surface area contributed by atoms with Crippen molar-refractivity contribution < 1.29 is 4.74 Å². The molecule has 18 heavy (non-hydrogen) atoms. The van der Waals surface area contributed by atoms with Gasteiger partial charge in [0.05, 0.1) is 12.9 Å². The standard InChI is InChI=1S/C14H17N3O/c1-3-8-17-10-16-13(14(17)15)12-7-5-4-6-11(12)9-18-2/h3-7,10H,1,8-9,15H2,2H3. The number of aromatic nitrogens is 2. The van der Waals surface area contributed by atoms with Gasteiger partial charge in [0, 0.05) is 19.2 Å². The average molecular weight is 243 g/mol. The minimum absolute atomic E-state index is 0.546. The van der Waals surface area contributed by atoms with Gasteiger partial charge in [-0.05, 0) is 5.56 Å². The zero-order valence-electron chi connectivity index (χ0n) is 10.5. The van der Waals surface area contributed by atoms with Gasteiger partial charge in [-0.2, -0.15) is 0 Å². The molecule has 2 aromatic rings. The molecule has 1 heterocycles. The maximum Gasteiger partial charge on any atom is 0.131 e. The van der Waals surface area contributed by atoms with E-state index in [9.17, 15) is 0 Å². The van der Waals surface area contributed by atoms with Crippen LogP contribution in [0.3, 0.4) is 0 Å². The molecule has 0 amide bonds. The van der Waals surface area contributed by atoms with Gasteiger partial charge in [0.1, 0.15) is 11.5 Å². The third-order valence-electron chi connectivity index (χ3n) is 2.78. The molecule has 0 fully saturated rings. The number of anilines is 1. The third-order valence-corrected chi connectivity index (χ3v) is 2.78. The number of nitrogens with two attached hydrogens (primary N) is 1. The van der Waals surface area contributed by atoms with Crippen molar-refractivity contribution in [3.05, 3.63) is 48.8 Å². The van der Waals surface area contributed by atoms with Crippen molar-refractivity contribution in [3.63, 3.8) is 0 Å². The Morgan fingerprint density at radius 3 is 2.94 bits per heavy atom. The van der Waals surface area contributed by atoms with Crippen molar-refractivity contribution >= 4 is 5.82 Å². The third kappa shape index (κ3) is 2.28. The highest BCUT2D eigenvalue weighted by Gasteiger charge is 2.12. The van der Waals surface area contributed by atoms with Gasteiger partial charge < -0.3 is 15.0 Å². The molecule has 0 bridgehead atoms. The quantitative estimate of drug-likeness (QED) is 0.821. The first-order valence-electron chi connectivity index (χ1n) is 5.76. The van der Waals surface area contributed by atoms with Crippen LogP contribution < -0.4 is 5.73 Å². The molecule has 2 N–H and O–H groups in total. The van der Waals surface area contributed by atoms with Crippen LogP contribution in [-0.4, -0.2) is 16.7 Å². The van der Waals surface area contributed by atoms with Crippen LogP contribution in [0.4, 0.5) is 5.82 Å². The number of methoxy groups -OCH3 is 1. The summed E-state index contributed by atoms with van der Waals surface area (Å²) in [7, 11) is 1.68. The Bertz CT molecular complexity index is 546. The van der Waals surface area contributed by atoms with E-state index in [1.165, 1.54) is 0 Å². The smallest absolute Gasteiger partial charge is 0.131 e. The fourth-order valence-electron chi connectivity index (χ4n) is 1.92. The van der Waals surface area contributed by atoms with Gasteiger partial charge in [-0.1, -0.05) is 30.3 Å². The minimum Gasteiger partial charge on any atom is -0.383 e. The van der Waals surface area contributed by atoms with Crippen LogP contribution in [-0.2, 0) is 17.9 Å². The van der Waals surface area contributed by atoms with E-state index < -0.39 is 0 Å². The topological polar surface area (TPSA) is 53.1 Å². The Morgan fingerprint density at radius 1 is 1.44 bits per heavy atom. The van der Waals surface area contributed by atoms with Crippen molar-refractivity contribution in [1.29, 1.82) is 0 Å². The molecule has 0 saturated carbocycles. The molecule has 4 heteroatoms. The van der Waals surface area contributed by atoms with Gasteiger partial charge >= 0.3 is 0 Å². The van der Waals surface area contributed by atoms with Crippen LogP contribution in [0.2, 0.25) is 0 Å². The number of allylic oxidation sites excluding steroid dienone is 1. The Balaban J connectivity index is 2.45. The minimum atomic E-state index is 0.546. The Morgan fingerprint density at radius 2 is 2.22 bits per heavy atom. The lowest BCUT2D eigenvalue weighted by molar-refractivity contribution is 0.185. The van der Waals surface area contributed by atoms with Gasteiger partial charge in [-0.3, -0.25) is 0 Å². The summed E-state index contributed by atoms with van der Waals surface area (Å²) in [5.41, 5.74) is 8.99. The number of imidazole rings is 1. The molecule has 94 valence electrons. The molecule has 0 saturated heterocycles. The second kappa shape index (κ2) is 5.51. The predicted molar refractivity (Wildman–Crippen MR) is 73.0 cm³/mol. The number of nitrogen functional groups attached to an aromatic ring is 1. The Hall–Kier alpha value is -2.07. The van der Waals surface area contributed by atoms with Crippen molar-refractivity contribution in [1.82, 2.24) is 9.55 Å². The maximum atomic E-state index is 6.10. The summed E-state index contributed by atoms with van der Waals surface area (Å²) in [6.07, 6.45) is 3.53. The summed E-state index contributed by atoms with van der Waals surface area (Å²) in [4.78, 5) is 4.38.